The summed E-state index contributed by atoms with van der Waals surface area (Å²) in [6.07, 6.45) is 0. The Morgan fingerprint density at radius 3 is 2.21 bits per heavy atom. The minimum absolute atomic E-state index is 0.0118. The van der Waals surface area contributed by atoms with Crippen molar-refractivity contribution in [2.24, 2.45) is 0 Å². The van der Waals surface area contributed by atoms with Gasteiger partial charge in [0.25, 0.3) is 0 Å². The highest BCUT2D eigenvalue weighted by molar-refractivity contribution is 6.13. The van der Waals surface area contributed by atoms with E-state index in [4.69, 9.17) is 9.15 Å². The number of fused-ring (bicyclic) bond motifs is 3. The summed E-state index contributed by atoms with van der Waals surface area (Å²) >= 11 is 0. The van der Waals surface area contributed by atoms with Gasteiger partial charge in [-0.15, -0.1) is 0 Å². The van der Waals surface area contributed by atoms with Crippen LogP contribution in [-0.4, -0.2) is 31.5 Å². The monoisotopic (exact) mass is 382 g/mol. The van der Waals surface area contributed by atoms with E-state index in [0.717, 1.165) is 0 Å². The second-order valence-electron chi connectivity index (χ2n) is 6.21. The van der Waals surface area contributed by atoms with Crippen LogP contribution in [0.15, 0.2) is 40.8 Å². The molecule has 0 aliphatic rings. The molecule has 0 radical (unpaired) electrons. The fourth-order valence-electron chi connectivity index (χ4n) is 3.08. The van der Waals surface area contributed by atoms with Crippen molar-refractivity contribution < 1.29 is 39.5 Å². The van der Waals surface area contributed by atoms with Crippen LogP contribution in [0.2, 0.25) is 0 Å². The zero-order valence-corrected chi connectivity index (χ0v) is 14.4. The van der Waals surface area contributed by atoms with Crippen molar-refractivity contribution in [3.8, 4) is 45.6 Å². The van der Waals surface area contributed by atoms with Gasteiger partial charge in [-0.3, -0.25) is 4.79 Å². The predicted molar refractivity (Wildman–Crippen MR) is 98.8 cm³/mol. The molecule has 0 amide bonds. The van der Waals surface area contributed by atoms with Gasteiger partial charge in [0.1, 0.15) is 11.3 Å². The maximum atomic E-state index is 11.7. The molecule has 4 rings (SSSR count). The Morgan fingerprint density at radius 1 is 0.857 bits per heavy atom. The SMILES string of the molecule is CC(=O)Oc1c(-c2ccc(O)c(O)c2)cc(O)c2c1oc1cc(O)c(O)cc12. The summed E-state index contributed by atoms with van der Waals surface area (Å²) in [5, 5.41) is 49.9. The molecule has 0 atom stereocenters. The predicted octanol–water partition coefficient (Wildman–Crippen LogP) is 3.71. The summed E-state index contributed by atoms with van der Waals surface area (Å²) in [5.74, 6) is -2.47. The van der Waals surface area contributed by atoms with Crippen LogP contribution in [0, 0.1) is 0 Å². The van der Waals surface area contributed by atoms with Crippen LogP contribution in [-0.2, 0) is 4.79 Å². The van der Waals surface area contributed by atoms with Crippen molar-refractivity contribution in [3.63, 3.8) is 0 Å². The third-order valence-electron chi connectivity index (χ3n) is 4.31. The first-order valence-electron chi connectivity index (χ1n) is 8.11. The molecule has 1 aromatic heterocycles. The molecule has 142 valence electrons. The number of ether oxygens (including phenoxy) is 1. The number of carbonyl (C=O) groups excluding carboxylic acids is 1. The van der Waals surface area contributed by atoms with Crippen LogP contribution >= 0.6 is 0 Å². The number of carbonyl (C=O) groups is 1. The second-order valence-corrected chi connectivity index (χ2v) is 6.21. The number of aromatic hydroxyl groups is 5. The van der Waals surface area contributed by atoms with E-state index in [1.54, 1.807) is 0 Å². The summed E-state index contributed by atoms with van der Waals surface area (Å²) in [4.78, 5) is 11.7. The molecular formula is C20H14O8. The molecule has 5 N–H and O–H groups in total. The Balaban J connectivity index is 2.12. The van der Waals surface area contributed by atoms with Gasteiger partial charge >= 0.3 is 5.97 Å². The molecule has 0 bridgehead atoms. The van der Waals surface area contributed by atoms with E-state index < -0.39 is 23.2 Å². The van der Waals surface area contributed by atoms with E-state index in [0.29, 0.717) is 10.9 Å². The minimum atomic E-state index is -0.651. The minimum Gasteiger partial charge on any atom is -0.507 e. The van der Waals surface area contributed by atoms with Gasteiger partial charge in [-0.2, -0.15) is 0 Å². The van der Waals surface area contributed by atoms with Gasteiger partial charge in [-0.05, 0) is 29.8 Å². The first kappa shape index (κ1) is 17.3. The number of esters is 1. The average Bonchev–Trinajstić information content (AvgIpc) is 2.98. The summed E-state index contributed by atoms with van der Waals surface area (Å²) in [6, 6.07) is 7.66. The molecule has 0 unspecified atom stereocenters. The van der Waals surface area contributed by atoms with E-state index in [1.165, 1.54) is 43.3 Å². The fourth-order valence-corrected chi connectivity index (χ4v) is 3.08. The highest BCUT2D eigenvalue weighted by Gasteiger charge is 2.23. The highest BCUT2D eigenvalue weighted by atomic mass is 16.5. The molecule has 28 heavy (non-hydrogen) atoms. The largest absolute Gasteiger partial charge is 0.507 e. The first-order chi connectivity index (χ1) is 13.3. The molecule has 0 aliphatic carbocycles. The van der Waals surface area contributed by atoms with Crippen LogP contribution in [0.4, 0.5) is 0 Å². The molecule has 0 saturated carbocycles. The molecule has 0 fully saturated rings. The molecule has 8 heteroatoms. The molecule has 0 spiro atoms. The Labute approximate surface area is 157 Å². The molecule has 0 aliphatic heterocycles. The quantitative estimate of drug-likeness (QED) is 0.201. The Morgan fingerprint density at radius 2 is 1.54 bits per heavy atom. The van der Waals surface area contributed by atoms with E-state index in [2.05, 4.69) is 0 Å². The Bertz CT molecular complexity index is 1270. The number of phenols is 5. The van der Waals surface area contributed by atoms with Gasteiger partial charge < -0.3 is 34.7 Å². The van der Waals surface area contributed by atoms with Crippen molar-refractivity contribution in [1.29, 1.82) is 0 Å². The maximum absolute atomic E-state index is 11.7. The lowest BCUT2D eigenvalue weighted by Crippen LogP contribution is -2.03. The van der Waals surface area contributed by atoms with E-state index >= 15 is 0 Å². The summed E-state index contributed by atoms with van der Waals surface area (Å²) in [5.41, 5.74) is 0.732. The average molecular weight is 382 g/mol. The second kappa shape index (κ2) is 5.98. The molecule has 4 aromatic rings. The van der Waals surface area contributed by atoms with Gasteiger partial charge in [-0.1, -0.05) is 6.07 Å². The lowest BCUT2D eigenvalue weighted by molar-refractivity contribution is -0.131. The number of benzene rings is 3. The van der Waals surface area contributed by atoms with Gasteiger partial charge in [0.05, 0.1) is 5.39 Å². The number of rotatable bonds is 2. The van der Waals surface area contributed by atoms with E-state index in [1.807, 2.05) is 0 Å². The number of furan rings is 1. The summed E-state index contributed by atoms with van der Waals surface area (Å²) < 4.78 is 11.0. The van der Waals surface area contributed by atoms with Gasteiger partial charge in [0, 0.05) is 23.9 Å². The topological polar surface area (TPSA) is 141 Å². The fraction of sp³-hybridized carbons (Fsp3) is 0.0500. The van der Waals surface area contributed by atoms with Crippen LogP contribution < -0.4 is 4.74 Å². The third kappa shape index (κ3) is 2.59. The smallest absolute Gasteiger partial charge is 0.308 e. The molecular weight excluding hydrogens is 368 g/mol. The van der Waals surface area contributed by atoms with E-state index in [9.17, 15) is 30.3 Å². The summed E-state index contributed by atoms with van der Waals surface area (Å²) in [6.45, 7) is 1.19. The van der Waals surface area contributed by atoms with Crippen molar-refractivity contribution >= 4 is 27.9 Å². The zero-order chi connectivity index (χ0) is 20.2. The van der Waals surface area contributed by atoms with Gasteiger partial charge in [0.2, 0.25) is 0 Å². The van der Waals surface area contributed by atoms with Crippen LogP contribution in [0.1, 0.15) is 6.92 Å². The van der Waals surface area contributed by atoms with Crippen molar-refractivity contribution in [2.75, 3.05) is 0 Å². The van der Waals surface area contributed by atoms with Crippen molar-refractivity contribution in [2.45, 2.75) is 6.92 Å². The van der Waals surface area contributed by atoms with Gasteiger partial charge in [0.15, 0.2) is 34.3 Å². The molecule has 0 saturated heterocycles. The molecule has 3 aromatic carbocycles. The zero-order valence-electron chi connectivity index (χ0n) is 14.4. The van der Waals surface area contributed by atoms with Crippen molar-refractivity contribution in [3.05, 3.63) is 36.4 Å². The van der Waals surface area contributed by atoms with Crippen LogP contribution in [0.25, 0.3) is 33.1 Å². The Hall–Kier alpha value is -4.07. The van der Waals surface area contributed by atoms with Crippen molar-refractivity contribution in [1.82, 2.24) is 0 Å². The third-order valence-corrected chi connectivity index (χ3v) is 4.31. The molecule has 1 heterocycles. The Kier molecular flexibility index (Phi) is 3.71. The normalized spacial score (nSPS) is 11.2. The van der Waals surface area contributed by atoms with Crippen LogP contribution in [0.5, 0.6) is 34.5 Å². The standard InChI is InChI=1S/C20H14O8/c1-8(21)27-19-10(9-2-3-12(22)13(23)4-9)5-16(26)18-11-6-14(24)15(25)7-17(11)28-20(18)19/h2-7,22-26H,1H3. The number of hydrogen-bond donors (Lipinski definition) is 5. The maximum Gasteiger partial charge on any atom is 0.308 e. The van der Waals surface area contributed by atoms with Gasteiger partial charge in [-0.25, -0.2) is 0 Å². The molecule has 8 nitrogen and oxygen atoms in total. The first-order valence-corrected chi connectivity index (χ1v) is 8.11. The van der Waals surface area contributed by atoms with E-state index in [-0.39, 0.29) is 39.4 Å². The lowest BCUT2D eigenvalue weighted by Gasteiger charge is -2.12. The highest BCUT2D eigenvalue weighted by Crippen LogP contribution is 2.48. The number of phenolic OH excluding ortho intramolecular Hbond substituents is 5. The summed E-state index contributed by atoms with van der Waals surface area (Å²) in [7, 11) is 0. The van der Waals surface area contributed by atoms with Crippen LogP contribution in [0.3, 0.4) is 0 Å². The number of hydrogen-bond acceptors (Lipinski definition) is 8. The lowest BCUT2D eigenvalue weighted by atomic mass is 10.0.